The molecule has 8 atom stereocenters. The van der Waals surface area contributed by atoms with Crippen LogP contribution in [-0.2, 0) is 14.6 Å². The van der Waals surface area contributed by atoms with Crippen LogP contribution in [-0.4, -0.2) is 26.6 Å². The topological polar surface area (TPSA) is 63.2 Å². The van der Waals surface area contributed by atoms with Gasteiger partial charge in [0.2, 0.25) is 5.91 Å². The SMILES string of the molecule is CC(c1ccc(S(C)(=O)=O)cc1)[C@H]1CC[C@H]2[C@@H]3CC[C@H]4NC(=O)C=C[C@]4(C)[C@H]3CC[C@]12C. The first-order chi connectivity index (χ1) is 15.0. The number of hydrogen-bond acceptors (Lipinski definition) is 3. The van der Waals surface area contributed by atoms with E-state index in [0.29, 0.717) is 28.1 Å². The number of amides is 1. The van der Waals surface area contributed by atoms with Gasteiger partial charge in [-0.25, -0.2) is 8.42 Å². The van der Waals surface area contributed by atoms with E-state index in [9.17, 15) is 13.2 Å². The zero-order chi connectivity index (χ0) is 22.9. The second-order valence-electron chi connectivity index (χ2n) is 11.6. The lowest BCUT2D eigenvalue weighted by atomic mass is 9.47. The van der Waals surface area contributed by atoms with E-state index in [1.165, 1.54) is 43.9 Å². The number of nitrogens with one attached hydrogen (secondary N) is 1. The molecule has 1 amide bonds. The molecule has 3 aliphatic carbocycles. The molecule has 1 aromatic rings. The van der Waals surface area contributed by atoms with Gasteiger partial charge in [0.15, 0.2) is 9.84 Å². The van der Waals surface area contributed by atoms with Crippen molar-refractivity contribution in [1.82, 2.24) is 5.32 Å². The minimum absolute atomic E-state index is 0.0724. The summed E-state index contributed by atoms with van der Waals surface area (Å²) in [6.07, 6.45) is 12.6. The predicted octanol–water partition coefficient (Wildman–Crippen LogP) is 5.11. The van der Waals surface area contributed by atoms with Crippen LogP contribution >= 0.6 is 0 Å². The quantitative estimate of drug-likeness (QED) is 0.689. The lowest BCUT2D eigenvalue weighted by Crippen LogP contribution is -2.59. The molecule has 0 bridgehead atoms. The monoisotopic (exact) mass is 455 g/mol. The molecule has 0 spiro atoms. The third-order valence-electron chi connectivity index (χ3n) is 10.2. The summed E-state index contributed by atoms with van der Waals surface area (Å²) in [6.45, 7) is 7.27. The number of benzene rings is 1. The highest BCUT2D eigenvalue weighted by Crippen LogP contribution is 2.66. The van der Waals surface area contributed by atoms with E-state index in [-0.39, 0.29) is 17.4 Å². The molecular formula is C27H37NO3S. The molecule has 3 fully saturated rings. The lowest BCUT2D eigenvalue weighted by molar-refractivity contribution is -0.122. The fraction of sp³-hybridized carbons (Fsp3) is 0.667. The summed E-state index contributed by atoms with van der Waals surface area (Å²) in [6, 6.07) is 7.91. The first-order valence-corrected chi connectivity index (χ1v) is 14.2. The van der Waals surface area contributed by atoms with E-state index < -0.39 is 9.84 Å². The van der Waals surface area contributed by atoms with Crippen LogP contribution in [0.25, 0.3) is 0 Å². The molecule has 1 heterocycles. The van der Waals surface area contributed by atoms with Gasteiger partial charge in [-0.3, -0.25) is 4.79 Å². The van der Waals surface area contributed by atoms with Crippen LogP contribution in [0.3, 0.4) is 0 Å². The van der Waals surface area contributed by atoms with Gasteiger partial charge in [-0.15, -0.1) is 0 Å². The highest BCUT2D eigenvalue weighted by atomic mass is 32.2. The molecule has 1 aliphatic heterocycles. The molecule has 5 heteroatoms. The van der Waals surface area contributed by atoms with E-state index in [1.54, 1.807) is 18.2 Å². The highest BCUT2D eigenvalue weighted by Gasteiger charge is 2.60. The van der Waals surface area contributed by atoms with Crippen molar-refractivity contribution < 1.29 is 13.2 Å². The van der Waals surface area contributed by atoms with Crippen molar-refractivity contribution in [3.05, 3.63) is 42.0 Å². The van der Waals surface area contributed by atoms with Gasteiger partial charge in [0, 0.05) is 17.7 Å². The van der Waals surface area contributed by atoms with Gasteiger partial charge >= 0.3 is 0 Å². The summed E-state index contributed by atoms with van der Waals surface area (Å²) in [5.74, 6) is 3.26. The molecule has 1 aromatic carbocycles. The van der Waals surface area contributed by atoms with Crippen LogP contribution in [0.15, 0.2) is 41.3 Å². The van der Waals surface area contributed by atoms with Gasteiger partial charge in [-0.05, 0) is 97.3 Å². The van der Waals surface area contributed by atoms with Gasteiger partial charge < -0.3 is 5.32 Å². The van der Waals surface area contributed by atoms with Crippen molar-refractivity contribution in [1.29, 1.82) is 0 Å². The molecule has 1 unspecified atom stereocenters. The van der Waals surface area contributed by atoms with Crippen LogP contribution in [0.5, 0.6) is 0 Å². The van der Waals surface area contributed by atoms with Crippen LogP contribution < -0.4 is 5.32 Å². The van der Waals surface area contributed by atoms with Crippen LogP contribution in [0.4, 0.5) is 0 Å². The largest absolute Gasteiger partial charge is 0.349 e. The Morgan fingerprint density at radius 3 is 2.41 bits per heavy atom. The Bertz CT molecular complexity index is 1050. The molecule has 0 radical (unpaired) electrons. The maximum absolute atomic E-state index is 12.0. The summed E-state index contributed by atoms with van der Waals surface area (Å²) in [7, 11) is -3.16. The number of carbonyl (C=O) groups is 1. The Labute approximate surface area is 193 Å². The van der Waals surface area contributed by atoms with Gasteiger partial charge in [0.25, 0.3) is 0 Å². The zero-order valence-electron chi connectivity index (χ0n) is 19.8. The Morgan fingerprint density at radius 2 is 1.72 bits per heavy atom. The molecule has 4 aliphatic rings. The molecular weight excluding hydrogens is 418 g/mol. The normalized spacial score (nSPS) is 41.9. The van der Waals surface area contributed by atoms with E-state index >= 15 is 0 Å². The third-order valence-corrected chi connectivity index (χ3v) is 11.3. The van der Waals surface area contributed by atoms with Crippen molar-refractivity contribution in [2.75, 3.05) is 6.26 Å². The first-order valence-electron chi connectivity index (χ1n) is 12.3. The third kappa shape index (κ3) is 3.29. The van der Waals surface area contributed by atoms with E-state index in [4.69, 9.17) is 0 Å². The van der Waals surface area contributed by atoms with Gasteiger partial charge in [-0.1, -0.05) is 39.0 Å². The number of hydrogen-bond donors (Lipinski definition) is 1. The molecule has 0 saturated heterocycles. The molecule has 3 saturated carbocycles. The van der Waals surface area contributed by atoms with Crippen LogP contribution in [0.2, 0.25) is 0 Å². The highest BCUT2D eigenvalue weighted by molar-refractivity contribution is 7.90. The summed E-state index contributed by atoms with van der Waals surface area (Å²) < 4.78 is 23.7. The molecule has 32 heavy (non-hydrogen) atoms. The van der Waals surface area contributed by atoms with Crippen LogP contribution in [0.1, 0.15) is 70.8 Å². The maximum Gasteiger partial charge on any atom is 0.243 e. The Balaban J connectivity index is 1.39. The molecule has 1 N–H and O–H groups in total. The molecule has 4 nitrogen and oxygen atoms in total. The van der Waals surface area contributed by atoms with Crippen molar-refractivity contribution in [3.8, 4) is 0 Å². The average molecular weight is 456 g/mol. The van der Waals surface area contributed by atoms with Crippen molar-refractivity contribution >= 4 is 15.7 Å². The molecule has 174 valence electrons. The lowest BCUT2D eigenvalue weighted by Gasteiger charge is -2.59. The minimum atomic E-state index is -3.16. The Morgan fingerprint density at radius 1 is 1.00 bits per heavy atom. The number of sulfone groups is 1. The van der Waals surface area contributed by atoms with Gasteiger partial charge in [-0.2, -0.15) is 0 Å². The summed E-state index contributed by atoms with van der Waals surface area (Å²) in [4.78, 5) is 12.4. The maximum atomic E-state index is 12.0. The average Bonchev–Trinajstić information content (AvgIpc) is 3.10. The first kappa shape index (κ1) is 22.2. The van der Waals surface area contributed by atoms with Gasteiger partial charge in [0.1, 0.15) is 0 Å². The van der Waals surface area contributed by atoms with Crippen LogP contribution in [0, 0.1) is 34.5 Å². The fourth-order valence-electron chi connectivity index (χ4n) is 8.45. The minimum Gasteiger partial charge on any atom is -0.349 e. The number of fused-ring (bicyclic) bond motifs is 5. The Kier molecular flexibility index (Phi) is 5.16. The van der Waals surface area contributed by atoms with E-state index in [0.717, 1.165) is 18.3 Å². The smallest absolute Gasteiger partial charge is 0.243 e. The number of carbonyl (C=O) groups excluding carboxylic acids is 1. The van der Waals surface area contributed by atoms with E-state index in [1.807, 2.05) is 12.1 Å². The fourth-order valence-corrected chi connectivity index (χ4v) is 9.08. The summed E-state index contributed by atoms with van der Waals surface area (Å²) in [5, 5.41) is 3.26. The zero-order valence-corrected chi connectivity index (χ0v) is 20.6. The van der Waals surface area contributed by atoms with Crippen molar-refractivity contribution in [3.63, 3.8) is 0 Å². The summed E-state index contributed by atoms with van der Waals surface area (Å²) in [5.41, 5.74) is 1.68. The summed E-state index contributed by atoms with van der Waals surface area (Å²) >= 11 is 0. The number of rotatable bonds is 3. The standard InChI is InChI=1S/C27H37NO3S/c1-17(18-5-7-19(8-6-18)32(4,30)31)21-10-11-22-20-9-12-24-27(3,16-14-25(29)28-24)23(20)13-15-26(21,22)2/h5-8,14,16-17,20-24H,9-13,15H2,1-4H3,(H,28,29)/t17?,20-,21+,22-,23-,24+,26+,27+/m0/s1. The molecule has 0 aromatic heterocycles. The van der Waals surface area contributed by atoms with Crippen molar-refractivity contribution in [2.24, 2.45) is 34.5 Å². The predicted molar refractivity (Wildman–Crippen MR) is 127 cm³/mol. The second kappa shape index (κ2) is 7.44. The van der Waals surface area contributed by atoms with E-state index in [2.05, 4.69) is 32.2 Å². The Hall–Kier alpha value is -1.62. The van der Waals surface area contributed by atoms with Crippen molar-refractivity contribution in [2.45, 2.75) is 76.2 Å². The second-order valence-corrected chi connectivity index (χ2v) is 13.6. The van der Waals surface area contributed by atoms with Gasteiger partial charge in [0.05, 0.1) is 4.90 Å². The molecule has 5 rings (SSSR count).